The van der Waals surface area contributed by atoms with Gasteiger partial charge in [0.05, 0.1) is 0 Å². The third kappa shape index (κ3) is 27.3. The van der Waals surface area contributed by atoms with Crippen LogP contribution in [0.25, 0.3) is 0 Å². The van der Waals surface area contributed by atoms with Crippen LogP contribution in [0, 0.1) is 0 Å². The molecule has 0 aliphatic heterocycles. The van der Waals surface area contributed by atoms with Gasteiger partial charge in [-0.25, -0.2) is 9.56 Å². The molecule has 0 rings (SSSR count). The van der Waals surface area contributed by atoms with Crippen molar-refractivity contribution in [1.29, 1.82) is 0 Å². The van der Waals surface area contributed by atoms with Crippen LogP contribution >= 0.6 is 7.82 Å². The average Bonchev–Trinajstić information content (AvgIpc) is 2.49. The van der Waals surface area contributed by atoms with Crippen LogP contribution in [-0.4, -0.2) is 12.9 Å². The number of hydrogen-bond donors (Lipinski definition) is 0. The van der Waals surface area contributed by atoms with E-state index in [0.717, 1.165) is 32.1 Å². The number of unbranched alkanes of at least 4 members (excludes halogenated alkanes) is 9. The minimum atomic E-state index is -5.12. The average molecular weight is 431 g/mol. The second-order valence-corrected chi connectivity index (χ2v) is 6.93. The molecule has 25 heavy (non-hydrogen) atoms. The van der Waals surface area contributed by atoms with Gasteiger partial charge in [-0.05, 0) is 12.8 Å². The maximum absolute atomic E-state index is 10.5. The summed E-state index contributed by atoms with van der Waals surface area (Å²) in [5.74, 6) is 0. The monoisotopic (exact) mass is 430 g/mol. The van der Waals surface area contributed by atoms with Crippen LogP contribution in [0.1, 0.15) is 90.9 Å². The quantitative estimate of drug-likeness (QED) is 0.0652. The normalized spacial score (nSPS) is 12.3. The summed E-state index contributed by atoms with van der Waals surface area (Å²) < 4.78 is 19.7. The molecular formula is C16H33K2O6P. The molecule has 0 N–H and O–H groups in total. The van der Waals surface area contributed by atoms with Crippen molar-refractivity contribution >= 4 is 7.82 Å². The molecule has 0 aromatic rings. The van der Waals surface area contributed by atoms with Crippen LogP contribution in [0.4, 0.5) is 0 Å². The van der Waals surface area contributed by atoms with Crippen LogP contribution in [-0.2, 0) is 18.9 Å². The fourth-order valence-corrected chi connectivity index (χ4v) is 2.44. The molecule has 0 aromatic heterocycles. The van der Waals surface area contributed by atoms with Crippen molar-refractivity contribution in [2.45, 2.75) is 97.2 Å². The van der Waals surface area contributed by atoms with E-state index in [2.05, 4.69) is 16.5 Å². The summed E-state index contributed by atoms with van der Waals surface area (Å²) in [5.41, 5.74) is 0. The Bertz CT molecular complexity index is 304. The Labute approximate surface area is 238 Å². The van der Waals surface area contributed by atoms with E-state index in [1.165, 1.54) is 38.5 Å². The Morgan fingerprint density at radius 3 is 1.76 bits per heavy atom. The molecule has 0 radical (unpaired) electrons. The van der Waals surface area contributed by atoms with E-state index in [0.29, 0.717) is 13.0 Å². The third-order valence-corrected chi connectivity index (χ3v) is 3.86. The topological polar surface area (TPSA) is 90.9 Å². The Hall–Kier alpha value is 3.30. The zero-order valence-electron chi connectivity index (χ0n) is 16.7. The molecular weight excluding hydrogens is 397 g/mol. The molecule has 6 nitrogen and oxygen atoms in total. The predicted molar refractivity (Wildman–Crippen MR) is 86.3 cm³/mol. The first kappa shape index (κ1) is 33.0. The van der Waals surface area contributed by atoms with Crippen LogP contribution in [0.2, 0.25) is 0 Å². The van der Waals surface area contributed by atoms with Crippen molar-refractivity contribution in [1.82, 2.24) is 0 Å². The second-order valence-electron chi connectivity index (χ2n) is 5.89. The van der Waals surface area contributed by atoms with Crippen LogP contribution in [0.15, 0.2) is 0 Å². The van der Waals surface area contributed by atoms with Crippen molar-refractivity contribution in [3.8, 4) is 0 Å². The van der Waals surface area contributed by atoms with Gasteiger partial charge in [0.1, 0.15) is 7.82 Å². The Balaban J connectivity index is -0.00000242. The molecule has 0 aliphatic rings. The molecule has 0 heterocycles. The van der Waals surface area contributed by atoms with Crippen molar-refractivity contribution in [3.63, 3.8) is 0 Å². The van der Waals surface area contributed by atoms with Crippen molar-refractivity contribution in [3.05, 3.63) is 0 Å². The number of hydrogen-bond acceptors (Lipinski definition) is 6. The van der Waals surface area contributed by atoms with Gasteiger partial charge in [-0.2, -0.15) is 0 Å². The molecule has 1 atom stereocenters. The van der Waals surface area contributed by atoms with Crippen molar-refractivity contribution in [2.75, 3.05) is 6.61 Å². The summed E-state index contributed by atoms with van der Waals surface area (Å²) in [6.45, 7) is 4.70. The van der Waals surface area contributed by atoms with Gasteiger partial charge in [0, 0.05) is 13.0 Å². The van der Waals surface area contributed by atoms with Gasteiger partial charge in [-0.1, -0.05) is 71.6 Å². The molecule has 0 bridgehead atoms. The molecule has 0 saturated carbocycles. The molecule has 0 spiro atoms. The van der Waals surface area contributed by atoms with E-state index in [1.54, 1.807) is 0 Å². The summed E-state index contributed by atoms with van der Waals surface area (Å²) in [6.07, 6.45) is 12.3. The fraction of sp³-hybridized carbons (Fsp3) is 1.00. The first-order valence-electron chi connectivity index (χ1n) is 8.98. The third-order valence-electron chi connectivity index (χ3n) is 3.59. The first-order valence-corrected chi connectivity index (χ1v) is 10.4. The molecule has 0 saturated heterocycles. The zero-order chi connectivity index (χ0) is 17.4. The summed E-state index contributed by atoms with van der Waals surface area (Å²) in [5, 5.41) is 0. The standard InChI is InChI=1S/C16H35O6P.2K/c1-3-5-7-8-9-10-11-12-13-14-16(20-15-6-4-2)21-22-23(17,18)19;;/h16H,3-15H2,1-2H3,(H2,17,18,19);;/q;2*+1/p-2. The minimum absolute atomic E-state index is 0. The minimum Gasteiger partial charge on any atom is -0.788 e. The van der Waals surface area contributed by atoms with Crippen molar-refractivity contribution < 1.29 is 131 Å². The molecule has 0 amide bonds. The van der Waals surface area contributed by atoms with Crippen LogP contribution in [0.5, 0.6) is 0 Å². The Morgan fingerprint density at radius 2 is 1.28 bits per heavy atom. The number of phosphoric acid groups is 1. The van der Waals surface area contributed by atoms with Gasteiger partial charge in [-0.15, -0.1) is 0 Å². The summed E-state index contributed by atoms with van der Waals surface area (Å²) in [4.78, 5) is 25.5. The van der Waals surface area contributed by atoms with Gasteiger partial charge >= 0.3 is 103 Å². The summed E-state index contributed by atoms with van der Waals surface area (Å²) >= 11 is 0. The van der Waals surface area contributed by atoms with Crippen molar-refractivity contribution in [2.24, 2.45) is 0 Å². The number of rotatable bonds is 17. The second kappa shape index (κ2) is 23.6. The van der Waals surface area contributed by atoms with E-state index >= 15 is 0 Å². The molecule has 1 unspecified atom stereocenters. The molecule has 9 heteroatoms. The van der Waals surface area contributed by atoms with Gasteiger partial charge in [0.2, 0.25) is 0 Å². The molecule has 0 fully saturated rings. The van der Waals surface area contributed by atoms with E-state index in [4.69, 9.17) is 4.74 Å². The predicted octanol–water partition coefficient (Wildman–Crippen LogP) is -2.16. The van der Waals surface area contributed by atoms with Gasteiger partial charge < -0.3 is 19.1 Å². The largest absolute Gasteiger partial charge is 1.00 e. The summed E-state index contributed by atoms with van der Waals surface area (Å²) in [6, 6.07) is 0. The smallest absolute Gasteiger partial charge is 0.788 e. The van der Waals surface area contributed by atoms with E-state index in [-0.39, 0.29) is 103 Å². The molecule has 0 aromatic carbocycles. The molecule has 0 aliphatic carbocycles. The van der Waals surface area contributed by atoms with E-state index in [9.17, 15) is 14.4 Å². The van der Waals surface area contributed by atoms with Crippen LogP contribution in [0.3, 0.4) is 0 Å². The number of ether oxygens (including phenoxy) is 1. The molecule has 140 valence electrons. The Morgan fingerprint density at radius 1 is 0.800 bits per heavy atom. The van der Waals surface area contributed by atoms with E-state index in [1.807, 2.05) is 6.92 Å². The maximum atomic E-state index is 10.5. The maximum Gasteiger partial charge on any atom is 1.00 e. The zero-order valence-corrected chi connectivity index (χ0v) is 23.8. The fourth-order valence-electron chi connectivity index (χ4n) is 2.24. The summed E-state index contributed by atoms with van der Waals surface area (Å²) in [7, 11) is -5.12. The van der Waals surface area contributed by atoms with Crippen LogP contribution < -0.4 is 113 Å². The van der Waals surface area contributed by atoms with E-state index < -0.39 is 14.1 Å². The van der Waals surface area contributed by atoms with Gasteiger partial charge in [0.15, 0.2) is 6.29 Å². The SMILES string of the molecule is CCCCCCCCCCCC(OCCCC)OOP(=O)([O-])[O-].[K+].[K+]. The van der Waals surface area contributed by atoms with Gasteiger partial charge in [-0.3, -0.25) is 0 Å². The first-order chi connectivity index (χ1) is 11.0. The van der Waals surface area contributed by atoms with Gasteiger partial charge in [0.25, 0.3) is 0 Å². The Kier molecular flexibility index (Phi) is 31.1.